The minimum atomic E-state index is -1.55. The normalized spacial score (nSPS) is 13.0. The first kappa shape index (κ1) is 34.7. The average molecular weight is 647 g/mol. The summed E-state index contributed by atoms with van der Waals surface area (Å²) < 4.78 is 4.94. The summed E-state index contributed by atoms with van der Waals surface area (Å²) in [6.07, 6.45) is 0. The Hall–Kier alpha value is -3.64. The fraction of sp³-hybridized carbons (Fsp3) is 0.463. The van der Waals surface area contributed by atoms with Gasteiger partial charge in [-0.2, -0.15) is 4.57 Å². The molecule has 0 atom stereocenters. The van der Waals surface area contributed by atoms with Crippen LogP contribution in [0.15, 0.2) is 54.6 Å². The van der Waals surface area contributed by atoms with Gasteiger partial charge in [0.05, 0.1) is 20.7 Å². The van der Waals surface area contributed by atoms with Gasteiger partial charge in [-0.1, -0.05) is 118 Å². The third-order valence-electron chi connectivity index (χ3n) is 9.23. The molecule has 47 heavy (non-hydrogen) atoms. The maximum atomic E-state index is 5.13. The van der Waals surface area contributed by atoms with Crippen LogP contribution in [0.2, 0.25) is 19.6 Å². The molecule has 0 spiro atoms. The van der Waals surface area contributed by atoms with E-state index in [0.29, 0.717) is 0 Å². The lowest BCUT2D eigenvalue weighted by Gasteiger charge is -2.24. The van der Waals surface area contributed by atoms with E-state index in [4.69, 9.17) is 15.0 Å². The summed E-state index contributed by atoms with van der Waals surface area (Å²) in [5.41, 5.74) is 9.52. The Morgan fingerprint density at radius 3 is 1.74 bits per heavy atom. The molecule has 3 aromatic carbocycles. The lowest BCUT2D eigenvalue weighted by Crippen LogP contribution is -2.38. The van der Waals surface area contributed by atoms with E-state index in [2.05, 4.69) is 167 Å². The lowest BCUT2D eigenvalue weighted by molar-refractivity contribution is -0.633. The van der Waals surface area contributed by atoms with Gasteiger partial charge in [-0.15, -0.1) is 0 Å². The van der Waals surface area contributed by atoms with Crippen LogP contribution in [-0.4, -0.2) is 27.6 Å². The number of aromatic nitrogens is 5. The van der Waals surface area contributed by atoms with Crippen molar-refractivity contribution in [2.75, 3.05) is 0 Å². The highest BCUT2D eigenvalue weighted by Crippen LogP contribution is 2.40. The number of para-hydroxylation sites is 2. The van der Waals surface area contributed by atoms with Crippen molar-refractivity contribution in [3.63, 3.8) is 0 Å². The van der Waals surface area contributed by atoms with Gasteiger partial charge in [0.15, 0.2) is 16.9 Å². The van der Waals surface area contributed by atoms with Gasteiger partial charge in [0.25, 0.3) is 5.82 Å². The van der Waals surface area contributed by atoms with E-state index in [1.807, 2.05) is 0 Å². The van der Waals surface area contributed by atoms with E-state index in [-0.39, 0.29) is 22.7 Å². The van der Waals surface area contributed by atoms with E-state index in [1.165, 1.54) is 50.0 Å². The van der Waals surface area contributed by atoms with E-state index in [1.54, 1.807) is 0 Å². The Kier molecular flexibility index (Phi) is 8.93. The molecule has 0 aliphatic carbocycles. The largest absolute Gasteiger partial charge is 0.295 e. The molecule has 5 aromatic rings. The topological polar surface area (TPSA) is 47.5 Å². The lowest BCUT2D eigenvalue weighted by atomic mass is 9.89. The van der Waals surface area contributed by atoms with Crippen LogP contribution in [0.1, 0.15) is 109 Å². The third-order valence-corrected chi connectivity index (χ3v) is 11.3. The average Bonchev–Trinajstić information content (AvgIpc) is 3.26. The molecule has 2 aromatic heterocycles. The minimum absolute atomic E-state index is 0.199. The number of fused-ring (bicyclic) bond motifs is 1. The zero-order chi connectivity index (χ0) is 34.8. The SMILES string of the molecule is Cc1ccc([Si](C)(C)C)cc1-c1n(-c2c(C(C)C)cc(-c3nc(C(C)(C)C)nc(C(C)(C)C)n3)cc2C(C)C)c2ccccc2[n+]1C. The van der Waals surface area contributed by atoms with Crippen LogP contribution in [0.25, 0.3) is 39.5 Å². The van der Waals surface area contributed by atoms with Crippen molar-refractivity contribution >= 4 is 24.3 Å². The molecule has 2 heterocycles. The van der Waals surface area contributed by atoms with Crippen LogP contribution in [-0.2, 0) is 17.9 Å². The first-order valence-corrected chi connectivity index (χ1v) is 20.8. The molecule has 0 aliphatic rings. The predicted molar refractivity (Wildman–Crippen MR) is 202 cm³/mol. The summed E-state index contributed by atoms with van der Waals surface area (Å²) in [6.45, 7) is 31.9. The highest BCUT2D eigenvalue weighted by molar-refractivity contribution is 6.88. The zero-order valence-corrected chi connectivity index (χ0v) is 32.6. The van der Waals surface area contributed by atoms with Crippen LogP contribution in [0.3, 0.4) is 0 Å². The van der Waals surface area contributed by atoms with Gasteiger partial charge in [-0.05, 0) is 54.7 Å². The molecular weight excluding hydrogens is 591 g/mol. The number of hydrogen-bond donors (Lipinski definition) is 0. The Morgan fingerprint density at radius 2 is 1.26 bits per heavy atom. The smallest absolute Gasteiger partial charge is 0.225 e. The summed E-state index contributed by atoms with van der Waals surface area (Å²) in [6, 6.07) is 20.7. The van der Waals surface area contributed by atoms with Crippen LogP contribution in [0.4, 0.5) is 0 Å². The van der Waals surface area contributed by atoms with Crippen molar-refractivity contribution in [1.82, 2.24) is 19.5 Å². The molecule has 0 fully saturated rings. The number of benzene rings is 3. The van der Waals surface area contributed by atoms with Gasteiger partial charge < -0.3 is 0 Å². The van der Waals surface area contributed by atoms with Gasteiger partial charge in [-0.25, -0.2) is 19.5 Å². The van der Waals surface area contributed by atoms with Gasteiger partial charge in [0, 0.05) is 27.5 Å². The highest BCUT2D eigenvalue weighted by Gasteiger charge is 2.33. The summed E-state index contributed by atoms with van der Waals surface area (Å²) >= 11 is 0. The maximum absolute atomic E-state index is 5.13. The number of imidazole rings is 1. The van der Waals surface area contributed by atoms with Crippen molar-refractivity contribution in [2.24, 2.45) is 7.05 Å². The molecule has 0 radical (unpaired) electrons. The fourth-order valence-corrected chi connectivity index (χ4v) is 7.46. The second-order valence-electron chi connectivity index (χ2n) is 17.1. The van der Waals surface area contributed by atoms with Gasteiger partial charge in [0.2, 0.25) is 0 Å². The maximum Gasteiger partial charge on any atom is 0.295 e. The molecule has 0 saturated carbocycles. The Bertz CT molecular complexity index is 1900. The second-order valence-corrected chi connectivity index (χ2v) is 22.2. The number of hydrogen-bond acceptors (Lipinski definition) is 3. The molecule has 0 bridgehead atoms. The second kappa shape index (κ2) is 12.1. The van der Waals surface area contributed by atoms with Crippen molar-refractivity contribution in [3.8, 4) is 28.5 Å². The monoisotopic (exact) mass is 646 g/mol. The van der Waals surface area contributed by atoms with Crippen LogP contribution in [0, 0.1) is 6.92 Å². The summed E-state index contributed by atoms with van der Waals surface area (Å²) in [7, 11) is 0.672. The fourth-order valence-electron chi connectivity index (χ4n) is 6.30. The van der Waals surface area contributed by atoms with Crippen LogP contribution >= 0.6 is 0 Å². The molecule has 0 N–H and O–H groups in total. The van der Waals surface area contributed by atoms with Crippen molar-refractivity contribution in [3.05, 3.63) is 82.9 Å². The molecule has 0 unspecified atom stereocenters. The summed E-state index contributed by atoms with van der Waals surface area (Å²) in [5, 5.41) is 1.47. The highest BCUT2D eigenvalue weighted by atomic mass is 28.3. The summed E-state index contributed by atoms with van der Waals surface area (Å²) in [5.74, 6) is 4.16. The van der Waals surface area contributed by atoms with Crippen molar-refractivity contribution in [2.45, 2.75) is 118 Å². The Labute approximate surface area is 284 Å². The first-order chi connectivity index (χ1) is 21.7. The van der Waals surface area contributed by atoms with Gasteiger partial charge in [-0.3, -0.25) is 0 Å². The van der Waals surface area contributed by atoms with E-state index >= 15 is 0 Å². The molecule has 6 heteroatoms. The molecule has 5 nitrogen and oxygen atoms in total. The number of aryl methyl sites for hydroxylation is 2. The third kappa shape index (κ3) is 6.58. The standard InChI is InChI=1S/C41H56N5Si/c1-25(2)30-22-28(36-42-38(40(6,7)8)44-39(43-36)41(9,10)11)23-31(26(3)4)35(30)46-34-19-17-16-18-33(34)45(12)37(46)32-24-29(47(13,14)15)21-20-27(32)5/h16-26H,1-15H3/q+1. The van der Waals surface area contributed by atoms with Crippen molar-refractivity contribution in [1.29, 1.82) is 0 Å². The Balaban J connectivity index is 1.92. The molecule has 0 aliphatic heterocycles. The molecular formula is C41H56N5Si+. The van der Waals surface area contributed by atoms with Crippen molar-refractivity contribution < 1.29 is 4.57 Å². The van der Waals surface area contributed by atoms with E-state index < -0.39 is 8.07 Å². The molecule has 5 rings (SSSR count). The quantitative estimate of drug-likeness (QED) is 0.136. The molecule has 0 amide bonds. The van der Waals surface area contributed by atoms with Crippen LogP contribution < -0.4 is 9.75 Å². The van der Waals surface area contributed by atoms with Gasteiger partial charge >= 0.3 is 0 Å². The van der Waals surface area contributed by atoms with Gasteiger partial charge in [0.1, 0.15) is 17.3 Å². The summed E-state index contributed by atoms with van der Waals surface area (Å²) in [4.78, 5) is 15.2. The molecule has 0 saturated heterocycles. The Morgan fingerprint density at radius 1 is 0.723 bits per heavy atom. The molecule has 248 valence electrons. The van der Waals surface area contributed by atoms with E-state index in [0.717, 1.165) is 23.0 Å². The predicted octanol–water partition coefficient (Wildman–Crippen LogP) is 9.67. The van der Waals surface area contributed by atoms with Crippen LogP contribution in [0.5, 0.6) is 0 Å². The first-order valence-electron chi connectivity index (χ1n) is 17.3. The number of nitrogens with zero attached hydrogens (tertiary/aromatic N) is 5. The number of rotatable bonds is 6. The zero-order valence-electron chi connectivity index (χ0n) is 31.6. The van der Waals surface area contributed by atoms with E-state index in [9.17, 15) is 0 Å². The minimum Gasteiger partial charge on any atom is -0.225 e.